The largest absolute Gasteiger partial charge is 1.00 e. The summed E-state index contributed by atoms with van der Waals surface area (Å²) in [4.78, 5) is 0. The van der Waals surface area contributed by atoms with Crippen LogP contribution in [0.25, 0.3) is 0 Å². The molecule has 2 nitrogen and oxygen atoms in total. The van der Waals surface area contributed by atoms with Crippen molar-refractivity contribution >= 4 is 0 Å². The zero-order valence-electron chi connectivity index (χ0n) is 14.5. The molecule has 2 rings (SSSR count). The van der Waals surface area contributed by atoms with Crippen LogP contribution in [0.2, 0.25) is 0 Å². The van der Waals surface area contributed by atoms with Crippen molar-refractivity contribution < 1.29 is 21.5 Å². The van der Waals surface area contributed by atoms with Crippen molar-refractivity contribution in [1.82, 2.24) is 4.57 Å². The number of rotatable bonds is 11. The van der Waals surface area contributed by atoms with Crippen LogP contribution in [0.3, 0.4) is 0 Å². The van der Waals surface area contributed by atoms with Gasteiger partial charge in [-0.1, -0.05) is 75.8 Å². The summed E-state index contributed by atoms with van der Waals surface area (Å²) in [6, 6.07) is 10.6. The van der Waals surface area contributed by atoms with E-state index < -0.39 is 0 Å². The minimum Gasteiger partial charge on any atom is -1.00 e. The number of hydrogen-bond acceptors (Lipinski definition) is 0. The molecule has 0 aliphatic rings. The van der Waals surface area contributed by atoms with E-state index in [0.29, 0.717) is 0 Å². The van der Waals surface area contributed by atoms with Crippen LogP contribution in [0.15, 0.2) is 49.1 Å². The van der Waals surface area contributed by atoms with Gasteiger partial charge < -0.3 is 17.0 Å². The zero-order valence-corrected chi connectivity index (χ0v) is 16.0. The van der Waals surface area contributed by atoms with Crippen molar-refractivity contribution in [3.8, 4) is 0 Å². The first kappa shape index (κ1) is 20.0. The first-order valence-corrected chi connectivity index (χ1v) is 8.97. The van der Waals surface area contributed by atoms with E-state index in [1.54, 1.807) is 0 Å². The van der Waals surface area contributed by atoms with E-state index >= 15 is 0 Å². The van der Waals surface area contributed by atoms with Crippen LogP contribution >= 0.6 is 0 Å². The van der Waals surface area contributed by atoms with Gasteiger partial charge in [-0.05, 0) is 18.4 Å². The second-order valence-corrected chi connectivity index (χ2v) is 6.28. The van der Waals surface area contributed by atoms with Crippen LogP contribution in [0, 0.1) is 0 Å². The summed E-state index contributed by atoms with van der Waals surface area (Å²) in [6.45, 7) is 4.39. The van der Waals surface area contributed by atoms with Gasteiger partial charge in [-0.3, -0.25) is 0 Å². The molecule has 0 bridgehead atoms. The van der Waals surface area contributed by atoms with Gasteiger partial charge in [0.15, 0.2) is 0 Å². The van der Waals surface area contributed by atoms with Gasteiger partial charge in [0.05, 0.1) is 6.54 Å². The van der Waals surface area contributed by atoms with E-state index in [0.717, 1.165) is 13.1 Å². The van der Waals surface area contributed by atoms with Gasteiger partial charge >= 0.3 is 0 Å². The number of halogens is 1. The third-order valence-corrected chi connectivity index (χ3v) is 4.22. The molecule has 1 aromatic carbocycles. The van der Waals surface area contributed by atoms with Crippen LogP contribution in [0.4, 0.5) is 0 Å². The third kappa shape index (κ3) is 8.36. The van der Waals surface area contributed by atoms with Crippen LogP contribution < -0.4 is 21.5 Å². The normalized spacial score (nSPS) is 10.5. The molecule has 23 heavy (non-hydrogen) atoms. The summed E-state index contributed by atoms with van der Waals surface area (Å²) < 4.78 is 4.58. The molecule has 0 aliphatic heterocycles. The van der Waals surface area contributed by atoms with Gasteiger partial charge in [-0.2, -0.15) is 0 Å². The minimum absolute atomic E-state index is 0. The predicted molar refractivity (Wildman–Crippen MR) is 92.8 cm³/mol. The van der Waals surface area contributed by atoms with Crippen LogP contribution in [-0.2, 0) is 13.1 Å². The molecule has 1 heterocycles. The van der Waals surface area contributed by atoms with E-state index in [1.165, 1.54) is 56.9 Å². The Bertz CT molecular complexity index is 507. The van der Waals surface area contributed by atoms with Crippen molar-refractivity contribution in [3.63, 3.8) is 0 Å². The lowest BCUT2D eigenvalue weighted by atomic mass is 10.1. The average molecular weight is 379 g/mol. The third-order valence-electron chi connectivity index (χ3n) is 4.22. The minimum atomic E-state index is 0. The lowest BCUT2D eigenvalue weighted by Crippen LogP contribution is -3.00. The van der Waals surface area contributed by atoms with E-state index in [9.17, 15) is 0 Å². The Morgan fingerprint density at radius 3 is 2.22 bits per heavy atom. The van der Waals surface area contributed by atoms with Crippen molar-refractivity contribution in [2.45, 2.75) is 71.4 Å². The molecule has 0 N–H and O–H groups in total. The zero-order chi connectivity index (χ0) is 15.5. The second-order valence-electron chi connectivity index (χ2n) is 6.28. The van der Waals surface area contributed by atoms with Crippen molar-refractivity contribution in [2.24, 2.45) is 0 Å². The Hall–Kier alpha value is -1.09. The first-order valence-electron chi connectivity index (χ1n) is 8.97. The van der Waals surface area contributed by atoms with Gasteiger partial charge in [-0.25, -0.2) is 9.13 Å². The highest BCUT2D eigenvalue weighted by atomic mass is 79.9. The average Bonchev–Trinajstić information content (AvgIpc) is 2.98. The Morgan fingerprint density at radius 2 is 1.52 bits per heavy atom. The van der Waals surface area contributed by atoms with E-state index in [4.69, 9.17) is 0 Å². The second kappa shape index (κ2) is 12.3. The van der Waals surface area contributed by atoms with Gasteiger partial charge in [0.25, 0.3) is 0 Å². The number of imidazole rings is 1. The molecule has 1 aromatic heterocycles. The molecule has 0 saturated carbocycles. The number of aryl methyl sites for hydroxylation is 1. The van der Waals surface area contributed by atoms with Crippen LogP contribution in [0.5, 0.6) is 0 Å². The fourth-order valence-electron chi connectivity index (χ4n) is 2.89. The summed E-state index contributed by atoms with van der Waals surface area (Å²) in [5, 5.41) is 0. The molecular weight excluding hydrogens is 348 g/mol. The number of hydrogen-bond donors (Lipinski definition) is 0. The summed E-state index contributed by atoms with van der Waals surface area (Å²) >= 11 is 0. The lowest BCUT2D eigenvalue weighted by molar-refractivity contribution is -0.696. The molecule has 0 amide bonds. The number of nitrogens with zero attached hydrogens (tertiary/aromatic N) is 2. The van der Waals surface area contributed by atoms with Crippen molar-refractivity contribution in [1.29, 1.82) is 0 Å². The Labute approximate surface area is 152 Å². The van der Waals surface area contributed by atoms with Crippen molar-refractivity contribution in [2.75, 3.05) is 0 Å². The Morgan fingerprint density at radius 1 is 0.870 bits per heavy atom. The number of aromatic nitrogens is 2. The SMILES string of the molecule is CCCCCCCCCC[n+]1ccn(Cc2ccccc2)c1.[Br-]. The van der Waals surface area contributed by atoms with Gasteiger partial charge in [0, 0.05) is 0 Å². The quantitative estimate of drug-likeness (QED) is 0.417. The monoisotopic (exact) mass is 378 g/mol. The highest BCUT2D eigenvalue weighted by Gasteiger charge is 2.04. The molecule has 0 atom stereocenters. The van der Waals surface area contributed by atoms with E-state index in [2.05, 4.69) is 65.1 Å². The van der Waals surface area contributed by atoms with Gasteiger partial charge in [0.2, 0.25) is 6.33 Å². The molecular formula is C20H31BrN2. The summed E-state index contributed by atoms with van der Waals surface area (Å²) in [6.07, 6.45) is 17.7. The standard InChI is InChI=1S/C20H31N2.BrH/c1-2-3-4-5-6-7-8-12-15-21-16-17-22(19-21)18-20-13-10-9-11-14-20;/h9-11,13-14,16-17,19H,2-8,12,15,18H2,1H3;1H/q+1;/p-1. The maximum absolute atomic E-state index is 2.32. The smallest absolute Gasteiger partial charge is 0.244 e. The lowest BCUT2D eigenvalue weighted by Gasteiger charge is -2.00. The molecule has 0 aliphatic carbocycles. The number of unbranched alkanes of at least 4 members (excludes halogenated alkanes) is 7. The first-order chi connectivity index (χ1) is 10.9. The predicted octanol–water partition coefficient (Wildman–Crippen LogP) is 1.97. The van der Waals surface area contributed by atoms with E-state index in [1.807, 2.05) is 0 Å². The molecule has 0 saturated heterocycles. The Balaban J connectivity index is 0.00000264. The highest BCUT2D eigenvalue weighted by molar-refractivity contribution is 5.14. The summed E-state index contributed by atoms with van der Waals surface area (Å²) in [7, 11) is 0. The molecule has 0 unspecified atom stereocenters. The maximum Gasteiger partial charge on any atom is 0.244 e. The highest BCUT2D eigenvalue weighted by Crippen LogP contribution is 2.08. The Kier molecular flexibility index (Phi) is 10.7. The molecule has 0 spiro atoms. The van der Waals surface area contributed by atoms with Gasteiger partial charge in [-0.15, -0.1) is 0 Å². The fourth-order valence-corrected chi connectivity index (χ4v) is 2.89. The molecule has 2 aromatic rings. The number of benzene rings is 1. The van der Waals surface area contributed by atoms with Crippen molar-refractivity contribution in [3.05, 3.63) is 54.6 Å². The van der Waals surface area contributed by atoms with E-state index in [-0.39, 0.29) is 17.0 Å². The molecule has 3 heteroatoms. The summed E-state index contributed by atoms with van der Waals surface area (Å²) in [5.41, 5.74) is 1.36. The molecule has 128 valence electrons. The fraction of sp³-hybridized carbons (Fsp3) is 0.550. The van der Waals surface area contributed by atoms with Gasteiger partial charge in [0.1, 0.15) is 18.9 Å². The molecule has 0 fully saturated rings. The van der Waals surface area contributed by atoms with Crippen LogP contribution in [0.1, 0.15) is 63.9 Å². The summed E-state index contributed by atoms with van der Waals surface area (Å²) in [5.74, 6) is 0. The van der Waals surface area contributed by atoms with Crippen LogP contribution in [-0.4, -0.2) is 4.57 Å². The topological polar surface area (TPSA) is 8.81 Å². The molecule has 0 radical (unpaired) electrons. The maximum atomic E-state index is 2.32.